The summed E-state index contributed by atoms with van der Waals surface area (Å²) in [6.45, 7) is 0. The van der Waals surface area contributed by atoms with Gasteiger partial charge >= 0.3 is 0 Å². The van der Waals surface area contributed by atoms with Crippen LogP contribution in [0.3, 0.4) is 0 Å². The molecule has 3 N–H and O–H groups in total. The van der Waals surface area contributed by atoms with Crippen molar-refractivity contribution in [1.29, 1.82) is 0 Å². The molecule has 22 heavy (non-hydrogen) atoms. The van der Waals surface area contributed by atoms with Gasteiger partial charge in [0.25, 0.3) is 0 Å². The first-order valence-electron chi connectivity index (χ1n) is 6.49. The maximum atomic E-state index is 8.42. The average Bonchev–Trinajstić information content (AvgIpc) is 3.15. The van der Waals surface area contributed by atoms with Gasteiger partial charge in [0.2, 0.25) is 0 Å². The molecule has 3 heterocycles. The molecule has 0 aromatic rings. The van der Waals surface area contributed by atoms with E-state index in [9.17, 15) is 0 Å². The van der Waals surface area contributed by atoms with E-state index in [1.165, 1.54) is 14.7 Å². The molecule has 0 saturated heterocycles. The van der Waals surface area contributed by atoms with Crippen molar-refractivity contribution in [2.75, 3.05) is 21.1 Å². The number of nitrogens with zero attached hydrogens (tertiary/aromatic N) is 3. The molecule has 0 spiro atoms. The fourth-order valence-electron chi connectivity index (χ4n) is 1.09. The third kappa shape index (κ3) is 14.5. The van der Waals surface area contributed by atoms with E-state index < -0.39 is 7.32 Å². The molecule has 3 atom stereocenters. The van der Waals surface area contributed by atoms with Crippen LogP contribution in [0.4, 0.5) is 0 Å². The monoisotopic (exact) mass is 308 g/mol. The normalized spacial score (nSPS) is 25.1. The van der Waals surface area contributed by atoms with Crippen molar-refractivity contribution < 1.29 is 29.8 Å². The molecule has 0 aliphatic carbocycles. The van der Waals surface area contributed by atoms with Crippen LogP contribution < -0.4 is 29.8 Å². The Morgan fingerprint density at radius 3 is 0.909 bits per heavy atom. The van der Waals surface area contributed by atoms with E-state index >= 15 is 0 Å². The molecule has 0 aromatic heterocycles. The van der Waals surface area contributed by atoms with Gasteiger partial charge in [0.1, 0.15) is 18.6 Å². The van der Waals surface area contributed by atoms with Crippen molar-refractivity contribution in [2.45, 2.75) is 0 Å². The third-order valence-electron chi connectivity index (χ3n) is 2.10. The summed E-state index contributed by atoms with van der Waals surface area (Å²) in [5.41, 5.74) is 0. The first-order chi connectivity index (χ1) is 10.4. The average molecular weight is 308 g/mol. The SMILES string of the molecule is C[NH+]1C=CN=C1.C[NH+]1C=CN=C1.C[NH+]1C=CN=C1.[O-]B([O-])[O-]. The lowest BCUT2D eigenvalue weighted by Gasteiger charge is -2.35. The lowest BCUT2D eigenvalue weighted by atomic mass is 10.3. The van der Waals surface area contributed by atoms with E-state index in [1.807, 2.05) is 58.8 Å². The van der Waals surface area contributed by atoms with Crippen LogP contribution in [0.5, 0.6) is 0 Å². The molecule has 0 saturated carbocycles. The van der Waals surface area contributed by atoms with Crippen LogP contribution in [0.1, 0.15) is 0 Å². The second kappa shape index (κ2) is 12.8. The maximum absolute atomic E-state index is 8.42. The minimum absolute atomic E-state index is 1.23. The molecule has 3 unspecified atom stereocenters. The Kier molecular flexibility index (Phi) is 11.6. The smallest absolute Gasteiger partial charge is 0.192 e. The Balaban J connectivity index is 0.000000271. The maximum Gasteiger partial charge on any atom is 0.192 e. The number of nitrogens with one attached hydrogen (secondary N) is 3. The van der Waals surface area contributed by atoms with E-state index in [2.05, 4.69) is 15.0 Å². The predicted molar refractivity (Wildman–Crippen MR) is 79.3 cm³/mol. The topological polar surface area (TPSA) is 120 Å². The quantitative estimate of drug-likeness (QED) is 0.386. The summed E-state index contributed by atoms with van der Waals surface area (Å²) in [4.78, 5) is 15.2. The Labute approximate surface area is 130 Å². The second-order valence-electron chi connectivity index (χ2n) is 4.30. The number of hydrogen-bond acceptors (Lipinski definition) is 6. The molecule has 3 aliphatic heterocycles. The zero-order chi connectivity index (χ0) is 16.8. The third-order valence-corrected chi connectivity index (χ3v) is 2.10. The molecule has 9 nitrogen and oxygen atoms in total. The highest BCUT2D eigenvalue weighted by molar-refractivity contribution is 6.24. The number of hydrogen-bond donors (Lipinski definition) is 3. The highest BCUT2D eigenvalue weighted by atomic mass is 16.5. The van der Waals surface area contributed by atoms with Gasteiger partial charge < -0.3 is 15.1 Å². The van der Waals surface area contributed by atoms with Crippen molar-refractivity contribution in [2.24, 2.45) is 15.0 Å². The van der Waals surface area contributed by atoms with Crippen LogP contribution >= 0.6 is 0 Å². The second-order valence-corrected chi connectivity index (χ2v) is 4.30. The van der Waals surface area contributed by atoms with Crippen LogP contribution in [0.15, 0.2) is 52.2 Å². The molecule has 120 valence electrons. The van der Waals surface area contributed by atoms with Gasteiger partial charge in [-0.3, -0.25) is 22.0 Å². The van der Waals surface area contributed by atoms with Crippen LogP contribution in [-0.2, 0) is 0 Å². The minimum Gasteiger partial charge on any atom is -0.907 e. The largest absolute Gasteiger partial charge is 0.907 e. The van der Waals surface area contributed by atoms with Crippen molar-refractivity contribution in [3.8, 4) is 0 Å². The van der Waals surface area contributed by atoms with Gasteiger partial charge in [-0.25, -0.2) is 15.0 Å². The van der Waals surface area contributed by atoms with Crippen molar-refractivity contribution in [3.63, 3.8) is 0 Å². The summed E-state index contributed by atoms with van der Waals surface area (Å²) in [5, 5.41) is 25.2. The minimum atomic E-state index is -2.92. The van der Waals surface area contributed by atoms with Crippen molar-refractivity contribution >= 4 is 26.3 Å². The Hall–Kier alpha value is -1.95. The van der Waals surface area contributed by atoms with E-state index in [0.717, 1.165) is 0 Å². The fraction of sp³-hybridized carbons (Fsp3) is 0.250. The summed E-state index contributed by atoms with van der Waals surface area (Å²) in [6, 6.07) is 0. The van der Waals surface area contributed by atoms with Gasteiger partial charge in [-0.2, -0.15) is 0 Å². The predicted octanol–water partition coefficient (Wildman–Crippen LogP) is -6.91. The Morgan fingerprint density at radius 1 is 0.636 bits per heavy atom. The Bertz CT molecular complexity index is 361. The van der Waals surface area contributed by atoms with Crippen LogP contribution in [0.2, 0.25) is 0 Å². The number of aliphatic imine (C=N–C) groups is 3. The molecular weight excluding hydrogens is 287 g/mol. The molecule has 0 radical (unpaired) electrons. The highest BCUT2D eigenvalue weighted by Gasteiger charge is 1.92. The van der Waals surface area contributed by atoms with Crippen LogP contribution in [-0.4, -0.2) is 47.5 Å². The molecule has 10 heteroatoms. The first kappa shape index (κ1) is 20.1. The summed E-state index contributed by atoms with van der Waals surface area (Å²) >= 11 is 0. The summed E-state index contributed by atoms with van der Waals surface area (Å²) < 4.78 is 0. The van der Waals surface area contributed by atoms with Crippen molar-refractivity contribution in [3.05, 3.63) is 37.2 Å². The van der Waals surface area contributed by atoms with E-state index in [1.54, 1.807) is 18.6 Å². The van der Waals surface area contributed by atoms with Crippen LogP contribution in [0.25, 0.3) is 0 Å². The zero-order valence-electron chi connectivity index (χ0n) is 12.8. The molecule has 3 aliphatic rings. The van der Waals surface area contributed by atoms with E-state index in [0.29, 0.717) is 0 Å². The number of quaternary nitrogens is 3. The number of rotatable bonds is 0. The summed E-state index contributed by atoms with van der Waals surface area (Å²) in [5.74, 6) is 0. The van der Waals surface area contributed by atoms with Crippen molar-refractivity contribution in [1.82, 2.24) is 0 Å². The summed E-state index contributed by atoms with van der Waals surface area (Å²) in [6.07, 6.45) is 16.8. The van der Waals surface area contributed by atoms with Gasteiger partial charge in [0.15, 0.2) is 19.0 Å². The zero-order valence-corrected chi connectivity index (χ0v) is 12.8. The molecule has 0 fully saturated rings. The first-order valence-corrected chi connectivity index (χ1v) is 6.49. The molecule has 0 aromatic carbocycles. The standard InChI is InChI=1S/3C4H6N2.BO3/c3*1-6-3-2-5-4-6;2-1(3)4/h3*2-4H,1H3;/q;;;-3/p+3. The van der Waals surface area contributed by atoms with Gasteiger partial charge in [0, 0.05) is 0 Å². The van der Waals surface area contributed by atoms with E-state index in [4.69, 9.17) is 15.1 Å². The Morgan fingerprint density at radius 2 is 0.864 bits per heavy atom. The van der Waals surface area contributed by atoms with Gasteiger partial charge in [-0.1, -0.05) is 0 Å². The molecule has 3 rings (SSSR count). The lowest BCUT2D eigenvalue weighted by Crippen LogP contribution is -3.01. The highest BCUT2D eigenvalue weighted by Crippen LogP contribution is 1.67. The summed E-state index contributed by atoms with van der Waals surface area (Å²) in [7, 11) is 3.15. The van der Waals surface area contributed by atoms with Gasteiger partial charge in [0.05, 0.1) is 39.7 Å². The molecular formula is C12H21BN6O3. The lowest BCUT2D eigenvalue weighted by molar-refractivity contribution is -0.710. The van der Waals surface area contributed by atoms with Gasteiger partial charge in [-0.05, 0) is 0 Å². The molecule has 0 amide bonds. The van der Waals surface area contributed by atoms with Crippen LogP contribution in [0, 0.1) is 0 Å². The molecule has 0 bridgehead atoms. The van der Waals surface area contributed by atoms with E-state index in [-0.39, 0.29) is 0 Å². The van der Waals surface area contributed by atoms with Gasteiger partial charge in [-0.15, -0.1) is 0 Å². The fourth-order valence-corrected chi connectivity index (χ4v) is 1.09.